The van der Waals surface area contributed by atoms with Gasteiger partial charge in [-0.05, 0) is 23.6 Å². The summed E-state index contributed by atoms with van der Waals surface area (Å²) in [7, 11) is 1.91. The van der Waals surface area contributed by atoms with E-state index in [1.165, 1.54) is 17.3 Å². The van der Waals surface area contributed by atoms with E-state index in [-0.39, 0.29) is 11.7 Å². The molecule has 0 aliphatic rings. The van der Waals surface area contributed by atoms with Crippen LogP contribution in [0.2, 0.25) is 0 Å². The number of carbonyl (C=O) groups excluding carboxylic acids is 1. The Hall–Kier alpha value is -3.38. The number of thioether (sulfide) groups is 1. The maximum absolute atomic E-state index is 12.6. The van der Waals surface area contributed by atoms with Gasteiger partial charge in [0, 0.05) is 18.3 Å². The van der Waals surface area contributed by atoms with Crippen molar-refractivity contribution in [3.05, 3.63) is 96.1 Å². The molecule has 0 saturated heterocycles. The summed E-state index contributed by atoms with van der Waals surface area (Å²) in [6, 6.07) is 28.0. The molecule has 4 rings (SSSR count). The number of nitrogens with one attached hydrogen (secondary N) is 1. The molecule has 3 aromatic carbocycles. The Morgan fingerprint density at radius 1 is 0.900 bits per heavy atom. The number of carbonyl (C=O) groups is 1. The van der Waals surface area contributed by atoms with E-state index >= 15 is 0 Å². The monoisotopic (exact) mass is 414 g/mol. The standard InChI is InChI=1S/C24H22N4OS/c1-28-23(19-12-6-3-7-13-19)26-27-24(28)30-17-22(29)25-21-15-9-8-14-20(21)16-18-10-4-2-5-11-18/h2-15H,16-17H2,1H3,(H,25,29). The first-order valence-corrected chi connectivity index (χ1v) is 10.7. The van der Waals surface area contributed by atoms with Crippen molar-refractivity contribution in [2.45, 2.75) is 11.6 Å². The molecule has 1 N–H and O–H groups in total. The van der Waals surface area contributed by atoms with Gasteiger partial charge in [0.15, 0.2) is 11.0 Å². The molecule has 5 nitrogen and oxygen atoms in total. The second-order valence-electron chi connectivity index (χ2n) is 6.89. The lowest BCUT2D eigenvalue weighted by Gasteiger charge is -2.11. The van der Waals surface area contributed by atoms with Crippen LogP contribution in [0.5, 0.6) is 0 Å². The molecule has 0 atom stereocenters. The van der Waals surface area contributed by atoms with Crippen molar-refractivity contribution in [2.75, 3.05) is 11.1 Å². The summed E-state index contributed by atoms with van der Waals surface area (Å²) in [5, 5.41) is 12.3. The molecule has 0 saturated carbocycles. The summed E-state index contributed by atoms with van der Waals surface area (Å²) >= 11 is 1.38. The fourth-order valence-corrected chi connectivity index (χ4v) is 3.92. The lowest BCUT2D eigenvalue weighted by molar-refractivity contribution is -0.113. The molecule has 30 heavy (non-hydrogen) atoms. The second-order valence-corrected chi connectivity index (χ2v) is 7.83. The molecule has 0 fully saturated rings. The second kappa shape index (κ2) is 9.41. The molecule has 150 valence electrons. The highest BCUT2D eigenvalue weighted by Crippen LogP contribution is 2.23. The van der Waals surface area contributed by atoms with Gasteiger partial charge in [-0.15, -0.1) is 10.2 Å². The lowest BCUT2D eigenvalue weighted by Crippen LogP contribution is -2.15. The Labute approximate surface area is 180 Å². The Balaban J connectivity index is 1.40. The SMILES string of the molecule is Cn1c(SCC(=O)Nc2ccccc2Cc2ccccc2)nnc1-c1ccccc1. The molecular weight excluding hydrogens is 392 g/mol. The van der Waals surface area contributed by atoms with Crippen molar-refractivity contribution in [1.82, 2.24) is 14.8 Å². The third-order valence-electron chi connectivity index (χ3n) is 4.73. The smallest absolute Gasteiger partial charge is 0.234 e. The van der Waals surface area contributed by atoms with E-state index < -0.39 is 0 Å². The van der Waals surface area contributed by atoms with E-state index in [9.17, 15) is 4.79 Å². The Bertz CT molecular complexity index is 1130. The minimum atomic E-state index is -0.0650. The fraction of sp³-hybridized carbons (Fsp3) is 0.125. The molecule has 0 unspecified atom stereocenters. The van der Waals surface area contributed by atoms with Crippen molar-refractivity contribution in [2.24, 2.45) is 7.05 Å². The van der Waals surface area contributed by atoms with Gasteiger partial charge in [-0.2, -0.15) is 0 Å². The van der Waals surface area contributed by atoms with E-state index in [1.54, 1.807) is 0 Å². The summed E-state index contributed by atoms with van der Waals surface area (Å²) < 4.78 is 1.91. The predicted molar refractivity (Wildman–Crippen MR) is 121 cm³/mol. The molecule has 0 spiro atoms. The Morgan fingerprint density at radius 3 is 2.33 bits per heavy atom. The van der Waals surface area contributed by atoms with Gasteiger partial charge in [-0.25, -0.2) is 0 Å². The number of hydrogen-bond donors (Lipinski definition) is 1. The average Bonchev–Trinajstić information content (AvgIpc) is 3.15. The van der Waals surface area contributed by atoms with Gasteiger partial charge in [0.2, 0.25) is 5.91 Å². The van der Waals surface area contributed by atoms with Crippen LogP contribution in [0, 0.1) is 0 Å². The molecule has 0 bridgehead atoms. The maximum Gasteiger partial charge on any atom is 0.234 e. The Morgan fingerprint density at radius 2 is 1.57 bits per heavy atom. The van der Waals surface area contributed by atoms with Crippen molar-refractivity contribution < 1.29 is 4.79 Å². The highest BCUT2D eigenvalue weighted by atomic mass is 32.2. The van der Waals surface area contributed by atoms with Crippen LogP contribution >= 0.6 is 11.8 Å². The number of amides is 1. The van der Waals surface area contributed by atoms with E-state index in [1.807, 2.05) is 84.4 Å². The number of hydrogen-bond acceptors (Lipinski definition) is 4. The summed E-state index contributed by atoms with van der Waals surface area (Å²) in [6.07, 6.45) is 0.772. The first kappa shape index (κ1) is 19.9. The van der Waals surface area contributed by atoms with Gasteiger partial charge >= 0.3 is 0 Å². The number of aromatic nitrogens is 3. The van der Waals surface area contributed by atoms with Gasteiger partial charge in [0.1, 0.15) is 0 Å². The molecule has 0 radical (unpaired) electrons. The van der Waals surface area contributed by atoms with Gasteiger partial charge in [0.25, 0.3) is 0 Å². The third kappa shape index (κ3) is 4.78. The van der Waals surface area contributed by atoms with Crippen molar-refractivity contribution in [1.29, 1.82) is 0 Å². The minimum absolute atomic E-state index is 0.0650. The number of nitrogens with zero attached hydrogens (tertiary/aromatic N) is 3. The highest BCUT2D eigenvalue weighted by Gasteiger charge is 2.13. The zero-order valence-corrected chi connectivity index (χ0v) is 17.5. The highest BCUT2D eigenvalue weighted by molar-refractivity contribution is 7.99. The Kier molecular flexibility index (Phi) is 6.25. The number of para-hydroxylation sites is 1. The van der Waals surface area contributed by atoms with Crippen molar-refractivity contribution >= 4 is 23.4 Å². The van der Waals surface area contributed by atoms with E-state index in [4.69, 9.17) is 0 Å². The molecule has 4 aromatic rings. The zero-order valence-electron chi connectivity index (χ0n) is 16.7. The van der Waals surface area contributed by atoms with E-state index in [2.05, 4.69) is 27.6 Å². The van der Waals surface area contributed by atoms with E-state index in [0.29, 0.717) is 5.16 Å². The van der Waals surface area contributed by atoms with Crippen LogP contribution in [0.1, 0.15) is 11.1 Å². The van der Waals surface area contributed by atoms with Crippen molar-refractivity contribution in [3.8, 4) is 11.4 Å². The lowest BCUT2D eigenvalue weighted by atomic mass is 10.0. The molecule has 0 aliphatic heterocycles. The average molecular weight is 415 g/mol. The summed E-state index contributed by atoms with van der Waals surface area (Å²) in [5.74, 6) is 0.983. The molecule has 1 aromatic heterocycles. The van der Waals surface area contributed by atoms with Crippen LogP contribution in [0.25, 0.3) is 11.4 Å². The van der Waals surface area contributed by atoms with Crippen LogP contribution in [-0.2, 0) is 18.3 Å². The summed E-state index contributed by atoms with van der Waals surface area (Å²) in [6.45, 7) is 0. The zero-order chi connectivity index (χ0) is 20.8. The van der Waals surface area contributed by atoms with Crippen LogP contribution in [0.3, 0.4) is 0 Å². The molecular formula is C24H22N4OS. The first-order chi connectivity index (χ1) is 14.7. The van der Waals surface area contributed by atoms with E-state index in [0.717, 1.165) is 29.1 Å². The molecule has 6 heteroatoms. The fourth-order valence-electron chi connectivity index (χ4n) is 3.21. The largest absolute Gasteiger partial charge is 0.325 e. The van der Waals surface area contributed by atoms with Crippen LogP contribution in [0.4, 0.5) is 5.69 Å². The number of anilines is 1. The summed E-state index contributed by atoms with van der Waals surface area (Å²) in [4.78, 5) is 12.6. The number of rotatable bonds is 7. The number of benzene rings is 3. The molecule has 1 amide bonds. The predicted octanol–water partition coefficient (Wildman–Crippen LogP) is 4.80. The van der Waals surface area contributed by atoms with Gasteiger partial charge in [0.05, 0.1) is 5.75 Å². The first-order valence-electron chi connectivity index (χ1n) is 9.70. The van der Waals surface area contributed by atoms with Crippen LogP contribution in [-0.4, -0.2) is 26.4 Å². The molecule has 0 aliphatic carbocycles. The van der Waals surface area contributed by atoms with Crippen molar-refractivity contribution in [3.63, 3.8) is 0 Å². The summed E-state index contributed by atoms with van der Waals surface area (Å²) in [5.41, 5.74) is 4.14. The minimum Gasteiger partial charge on any atom is -0.325 e. The van der Waals surface area contributed by atoms with Gasteiger partial charge in [-0.3, -0.25) is 4.79 Å². The quantitative estimate of drug-likeness (QED) is 0.441. The van der Waals surface area contributed by atoms with Gasteiger partial charge in [-0.1, -0.05) is 90.6 Å². The third-order valence-corrected chi connectivity index (χ3v) is 5.75. The van der Waals surface area contributed by atoms with Crippen LogP contribution < -0.4 is 5.32 Å². The topological polar surface area (TPSA) is 59.8 Å². The van der Waals surface area contributed by atoms with Gasteiger partial charge < -0.3 is 9.88 Å². The van der Waals surface area contributed by atoms with Crippen LogP contribution in [0.15, 0.2) is 90.1 Å². The maximum atomic E-state index is 12.6. The normalized spacial score (nSPS) is 10.7. The molecule has 1 heterocycles.